The smallest absolute Gasteiger partial charge is 0.261 e. The molecular weight excluding hydrogens is 226 g/mol. The summed E-state index contributed by atoms with van der Waals surface area (Å²) >= 11 is 0. The van der Waals surface area contributed by atoms with E-state index in [4.69, 9.17) is 4.74 Å². The average Bonchev–Trinajstić information content (AvgIpc) is 2.27. The first kappa shape index (κ1) is 14.6. The minimum Gasteiger partial charge on any atom is -0.481 e. The second-order valence-electron chi connectivity index (χ2n) is 5.46. The summed E-state index contributed by atoms with van der Waals surface area (Å²) in [5.41, 5.74) is 0.881. The third-order valence-electron chi connectivity index (χ3n) is 2.52. The number of carbonyl (C=O) groups excluding carboxylic acids is 1. The van der Waals surface area contributed by atoms with Crippen LogP contribution in [0.1, 0.15) is 40.2 Å². The molecule has 100 valence electrons. The van der Waals surface area contributed by atoms with E-state index in [1.807, 2.05) is 45.0 Å². The minimum atomic E-state index is -0.489. The number of ether oxygens (including phenoxy) is 1. The quantitative estimate of drug-likeness (QED) is 0.891. The molecule has 18 heavy (non-hydrogen) atoms. The molecule has 0 spiro atoms. The van der Waals surface area contributed by atoms with Crippen molar-refractivity contribution in [3.8, 4) is 5.75 Å². The second kappa shape index (κ2) is 5.89. The summed E-state index contributed by atoms with van der Waals surface area (Å²) in [5.74, 6) is 0.699. The lowest BCUT2D eigenvalue weighted by Crippen LogP contribution is -2.46. The molecule has 0 aliphatic carbocycles. The maximum atomic E-state index is 11.9. The van der Waals surface area contributed by atoms with Gasteiger partial charge in [-0.1, -0.05) is 25.1 Å². The fraction of sp³-hybridized carbons (Fsp3) is 0.533. The molecule has 1 aromatic rings. The van der Waals surface area contributed by atoms with Crippen molar-refractivity contribution in [2.75, 3.05) is 0 Å². The van der Waals surface area contributed by atoms with Crippen LogP contribution in [0.2, 0.25) is 0 Å². The summed E-state index contributed by atoms with van der Waals surface area (Å²) in [5, 5.41) is 2.91. The summed E-state index contributed by atoms with van der Waals surface area (Å²) in [6.45, 7) is 9.71. The zero-order chi connectivity index (χ0) is 13.8. The lowest BCUT2D eigenvalue weighted by molar-refractivity contribution is -0.128. The topological polar surface area (TPSA) is 38.3 Å². The van der Waals surface area contributed by atoms with Gasteiger partial charge >= 0.3 is 0 Å². The van der Waals surface area contributed by atoms with Gasteiger partial charge in [-0.15, -0.1) is 0 Å². The molecule has 1 atom stereocenters. The Hall–Kier alpha value is -1.51. The van der Waals surface area contributed by atoms with E-state index in [1.165, 1.54) is 0 Å². The lowest BCUT2D eigenvalue weighted by Gasteiger charge is -2.24. The van der Waals surface area contributed by atoms with Crippen LogP contribution >= 0.6 is 0 Å². The number of rotatable bonds is 4. The Morgan fingerprint density at radius 1 is 1.33 bits per heavy atom. The van der Waals surface area contributed by atoms with Gasteiger partial charge in [0.05, 0.1) is 0 Å². The molecule has 1 rings (SSSR count). The molecule has 0 saturated carbocycles. The number of benzene rings is 1. The monoisotopic (exact) mass is 249 g/mol. The molecule has 0 unspecified atom stereocenters. The van der Waals surface area contributed by atoms with Gasteiger partial charge in [-0.3, -0.25) is 4.79 Å². The highest BCUT2D eigenvalue weighted by Gasteiger charge is 2.20. The first-order valence-electron chi connectivity index (χ1n) is 6.40. The number of amides is 1. The number of hydrogen-bond acceptors (Lipinski definition) is 2. The van der Waals surface area contributed by atoms with Gasteiger partial charge in [0.15, 0.2) is 6.10 Å². The van der Waals surface area contributed by atoms with E-state index >= 15 is 0 Å². The molecular formula is C15H23NO2. The van der Waals surface area contributed by atoms with Gasteiger partial charge in [-0.25, -0.2) is 0 Å². The van der Waals surface area contributed by atoms with E-state index in [2.05, 4.69) is 12.2 Å². The number of nitrogens with one attached hydrogen (secondary N) is 1. The fourth-order valence-corrected chi connectivity index (χ4v) is 1.63. The van der Waals surface area contributed by atoms with E-state index in [0.29, 0.717) is 0 Å². The highest BCUT2D eigenvalue weighted by atomic mass is 16.5. The summed E-state index contributed by atoms with van der Waals surface area (Å²) in [6, 6.07) is 7.82. The summed E-state index contributed by atoms with van der Waals surface area (Å²) in [6.07, 6.45) is 0.404. The Balaban J connectivity index is 2.69. The molecule has 1 N–H and O–H groups in total. The highest BCUT2D eigenvalue weighted by Crippen LogP contribution is 2.19. The number of hydrogen-bond donors (Lipinski definition) is 1. The van der Waals surface area contributed by atoms with E-state index in [9.17, 15) is 4.79 Å². The van der Waals surface area contributed by atoms with Crippen LogP contribution in [-0.4, -0.2) is 17.6 Å². The molecule has 1 amide bonds. The molecule has 0 heterocycles. The highest BCUT2D eigenvalue weighted by molar-refractivity contribution is 5.81. The predicted octanol–water partition coefficient (Wildman–Crippen LogP) is 2.93. The molecule has 0 aromatic heterocycles. The van der Waals surface area contributed by atoms with Crippen LogP contribution in [0, 0.1) is 0 Å². The van der Waals surface area contributed by atoms with E-state index < -0.39 is 6.10 Å². The molecule has 0 fully saturated rings. The zero-order valence-corrected chi connectivity index (χ0v) is 11.9. The summed E-state index contributed by atoms with van der Waals surface area (Å²) in [7, 11) is 0. The van der Waals surface area contributed by atoms with Gasteiger partial charge < -0.3 is 10.1 Å². The first-order chi connectivity index (χ1) is 8.33. The molecule has 1 aromatic carbocycles. The number of carbonyl (C=O) groups is 1. The van der Waals surface area contributed by atoms with Crippen LogP contribution in [0.5, 0.6) is 5.75 Å². The third-order valence-corrected chi connectivity index (χ3v) is 2.52. The van der Waals surface area contributed by atoms with Gasteiger partial charge in [0.1, 0.15) is 5.75 Å². The van der Waals surface area contributed by atoms with Crippen LogP contribution in [0.4, 0.5) is 0 Å². The van der Waals surface area contributed by atoms with Crippen LogP contribution in [-0.2, 0) is 11.2 Å². The Bertz CT molecular complexity index is 407. The Morgan fingerprint density at radius 3 is 2.50 bits per heavy atom. The van der Waals surface area contributed by atoms with Crippen LogP contribution in [0.25, 0.3) is 0 Å². The molecule has 3 heteroatoms. The minimum absolute atomic E-state index is 0.0894. The molecule has 0 aliphatic heterocycles. The van der Waals surface area contributed by atoms with Crippen LogP contribution in [0.3, 0.4) is 0 Å². The third kappa shape index (κ3) is 4.40. The second-order valence-corrected chi connectivity index (χ2v) is 5.46. The van der Waals surface area contributed by atoms with Crippen molar-refractivity contribution in [1.29, 1.82) is 0 Å². The van der Waals surface area contributed by atoms with E-state index in [-0.39, 0.29) is 11.4 Å². The molecule has 0 radical (unpaired) electrons. The van der Waals surface area contributed by atoms with E-state index in [0.717, 1.165) is 17.7 Å². The van der Waals surface area contributed by atoms with Gasteiger partial charge in [0.2, 0.25) is 0 Å². The van der Waals surface area contributed by atoms with Gasteiger partial charge in [-0.2, -0.15) is 0 Å². The molecule has 0 saturated heterocycles. The fourth-order valence-electron chi connectivity index (χ4n) is 1.63. The van der Waals surface area contributed by atoms with Crippen molar-refractivity contribution < 1.29 is 9.53 Å². The van der Waals surface area contributed by atoms with Crippen molar-refractivity contribution >= 4 is 5.91 Å². The molecule has 0 bridgehead atoms. The van der Waals surface area contributed by atoms with Crippen molar-refractivity contribution in [3.63, 3.8) is 0 Å². The Labute approximate surface area is 110 Å². The van der Waals surface area contributed by atoms with Crippen molar-refractivity contribution in [1.82, 2.24) is 5.32 Å². The maximum absolute atomic E-state index is 11.9. The van der Waals surface area contributed by atoms with Gasteiger partial charge in [0, 0.05) is 5.54 Å². The molecule has 0 aliphatic rings. The predicted molar refractivity (Wildman–Crippen MR) is 73.8 cm³/mol. The summed E-state index contributed by atoms with van der Waals surface area (Å²) in [4.78, 5) is 11.9. The van der Waals surface area contributed by atoms with Crippen LogP contribution < -0.4 is 10.1 Å². The van der Waals surface area contributed by atoms with Gasteiger partial charge in [0.25, 0.3) is 5.91 Å². The number of para-hydroxylation sites is 1. The lowest BCUT2D eigenvalue weighted by atomic mass is 10.1. The Morgan fingerprint density at radius 2 is 1.94 bits per heavy atom. The van der Waals surface area contributed by atoms with Crippen molar-refractivity contribution in [2.24, 2.45) is 0 Å². The average molecular weight is 249 g/mol. The number of aryl methyl sites for hydroxylation is 1. The standard InChI is InChI=1S/C15H23NO2/c1-6-12-9-7-8-10-13(12)18-11(2)14(17)16-15(3,4)5/h7-11H,6H2,1-5H3,(H,16,17)/t11-/m1/s1. The van der Waals surface area contributed by atoms with Gasteiger partial charge in [-0.05, 0) is 45.7 Å². The van der Waals surface area contributed by atoms with Crippen LogP contribution in [0.15, 0.2) is 24.3 Å². The van der Waals surface area contributed by atoms with Crippen molar-refractivity contribution in [2.45, 2.75) is 52.7 Å². The zero-order valence-electron chi connectivity index (χ0n) is 11.9. The SMILES string of the molecule is CCc1ccccc1O[C@H](C)C(=O)NC(C)(C)C. The normalized spacial score (nSPS) is 12.9. The molecule has 3 nitrogen and oxygen atoms in total. The van der Waals surface area contributed by atoms with E-state index in [1.54, 1.807) is 6.92 Å². The first-order valence-corrected chi connectivity index (χ1v) is 6.40. The van der Waals surface area contributed by atoms with Crippen molar-refractivity contribution in [3.05, 3.63) is 29.8 Å². The summed E-state index contributed by atoms with van der Waals surface area (Å²) < 4.78 is 5.73. The largest absolute Gasteiger partial charge is 0.481 e. The maximum Gasteiger partial charge on any atom is 0.261 e. The Kier molecular flexibility index (Phi) is 4.76.